The summed E-state index contributed by atoms with van der Waals surface area (Å²) in [7, 11) is 0. The molecule has 2 N–H and O–H groups in total. The number of hydrogen-bond donors (Lipinski definition) is 2. The van der Waals surface area contributed by atoms with Gasteiger partial charge in [-0.3, -0.25) is 10.1 Å². The number of para-hydroxylation sites is 1. The molecule has 30 heavy (non-hydrogen) atoms. The lowest BCUT2D eigenvalue weighted by atomic mass is 9.53. The van der Waals surface area contributed by atoms with Gasteiger partial charge in [0.15, 0.2) is 6.61 Å². The van der Waals surface area contributed by atoms with Gasteiger partial charge >= 0.3 is 18.6 Å². The Morgan fingerprint density at radius 2 is 1.63 bits per heavy atom. The van der Waals surface area contributed by atoms with Crippen LogP contribution in [0.3, 0.4) is 0 Å². The second-order valence-corrected chi connectivity index (χ2v) is 8.65. The number of halogens is 2. The molecule has 0 radical (unpaired) electrons. The number of benzene rings is 1. The quantitative estimate of drug-likeness (QED) is 0.687. The topological polar surface area (TPSA) is 93.7 Å². The minimum atomic E-state index is -3.10. The summed E-state index contributed by atoms with van der Waals surface area (Å²) in [5.41, 5.74) is -0.481. The van der Waals surface area contributed by atoms with Crippen molar-refractivity contribution in [2.24, 2.45) is 17.8 Å². The number of amides is 3. The third kappa shape index (κ3) is 4.55. The fourth-order valence-corrected chi connectivity index (χ4v) is 5.74. The average molecular weight is 422 g/mol. The molecular formula is C21H24F2N2O5. The molecule has 5 rings (SSSR count). The summed E-state index contributed by atoms with van der Waals surface area (Å²) in [6.45, 7) is -3.81. The Hall–Kier alpha value is -2.71. The van der Waals surface area contributed by atoms with Crippen molar-refractivity contribution in [2.75, 3.05) is 6.61 Å². The number of rotatable bonds is 6. The van der Waals surface area contributed by atoms with E-state index in [1.807, 2.05) is 0 Å². The van der Waals surface area contributed by atoms with Crippen LogP contribution in [0.1, 0.15) is 48.9 Å². The third-order valence-corrected chi connectivity index (χ3v) is 6.33. The predicted octanol–water partition coefficient (Wildman–Crippen LogP) is 3.24. The molecule has 0 heterocycles. The van der Waals surface area contributed by atoms with Crippen molar-refractivity contribution < 1.29 is 32.6 Å². The molecule has 1 aromatic rings. The van der Waals surface area contributed by atoms with Gasteiger partial charge in [-0.2, -0.15) is 8.78 Å². The molecule has 0 aliphatic heterocycles. The fourth-order valence-electron chi connectivity index (χ4n) is 5.74. The second-order valence-electron chi connectivity index (χ2n) is 8.65. The van der Waals surface area contributed by atoms with E-state index in [0.29, 0.717) is 17.8 Å². The van der Waals surface area contributed by atoms with Crippen LogP contribution < -0.4 is 15.4 Å². The lowest BCUT2D eigenvalue weighted by Crippen LogP contribution is -2.62. The van der Waals surface area contributed by atoms with Gasteiger partial charge in [0.1, 0.15) is 11.3 Å². The molecule has 4 saturated carbocycles. The van der Waals surface area contributed by atoms with Crippen LogP contribution in [0.4, 0.5) is 13.6 Å². The molecule has 0 unspecified atom stereocenters. The summed E-state index contributed by atoms with van der Waals surface area (Å²) in [6, 6.07) is 4.73. The lowest BCUT2D eigenvalue weighted by molar-refractivity contribution is -0.123. The van der Waals surface area contributed by atoms with Gasteiger partial charge in [0, 0.05) is 5.54 Å². The fraction of sp³-hybridized carbons (Fsp3) is 0.571. The molecule has 4 bridgehead atoms. The molecule has 0 aromatic heterocycles. The average Bonchev–Trinajstić information content (AvgIpc) is 2.64. The highest BCUT2D eigenvalue weighted by Crippen LogP contribution is 2.55. The zero-order chi connectivity index (χ0) is 21.3. The van der Waals surface area contributed by atoms with E-state index in [0.717, 1.165) is 19.3 Å². The van der Waals surface area contributed by atoms with Gasteiger partial charge in [-0.15, -0.1) is 0 Å². The van der Waals surface area contributed by atoms with Gasteiger partial charge in [0.2, 0.25) is 0 Å². The van der Waals surface area contributed by atoms with Crippen LogP contribution in [0.2, 0.25) is 0 Å². The maximum atomic E-state index is 12.4. The Morgan fingerprint density at radius 1 is 1.03 bits per heavy atom. The van der Waals surface area contributed by atoms with Crippen LogP contribution in [-0.2, 0) is 9.53 Å². The molecule has 9 heteroatoms. The lowest BCUT2D eigenvalue weighted by Gasteiger charge is -2.56. The first-order valence-corrected chi connectivity index (χ1v) is 10.1. The van der Waals surface area contributed by atoms with Gasteiger partial charge in [-0.1, -0.05) is 12.1 Å². The van der Waals surface area contributed by atoms with E-state index in [1.54, 1.807) is 0 Å². The van der Waals surface area contributed by atoms with Crippen molar-refractivity contribution in [3.63, 3.8) is 0 Å². The Morgan fingerprint density at radius 3 is 2.23 bits per heavy atom. The normalized spacial score (nSPS) is 28.8. The summed E-state index contributed by atoms with van der Waals surface area (Å²) < 4.78 is 34.0. The van der Waals surface area contributed by atoms with E-state index in [2.05, 4.69) is 15.4 Å². The molecule has 0 saturated heterocycles. The number of imide groups is 1. The Labute approximate surface area is 172 Å². The van der Waals surface area contributed by atoms with E-state index >= 15 is 0 Å². The maximum Gasteiger partial charge on any atom is 0.387 e. The van der Waals surface area contributed by atoms with Gasteiger partial charge in [-0.05, 0) is 68.4 Å². The van der Waals surface area contributed by atoms with Crippen molar-refractivity contribution in [2.45, 2.75) is 50.7 Å². The Bertz CT molecular complexity index is 809. The smallest absolute Gasteiger partial charge is 0.387 e. The zero-order valence-electron chi connectivity index (χ0n) is 16.4. The first-order valence-electron chi connectivity index (χ1n) is 10.1. The van der Waals surface area contributed by atoms with Crippen LogP contribution >= 0.6 is 0 Å². The number of ether oxygens (including phenoxy) is 2. The number of esters is 1. The molecule has 0 atom stereocenters. The van der Waals surface area contributed by atoms with Crippen LogP contribution in [-0.4, -0.2) is 36.7 Å². The number of nitrogens with one attached hydrogen (secondary N) is 2. The number of alkyl halides is 2. The predicted molar refractivity (Wildman–Crippen MR) is 101 cm³/mol. The molecule has 1 aromatic carbocycles. The van der Waals surface area contributed by atoms with Crippen molar-refractivity contribution in [1.82, 2.24) is 10.6 Å². The molecule has 4 aliphatic rings. The minimum absolute atomic E-state index is 0.233. The molecule has 7 nitrogen and oxygen atoms in total. The van der Waals surface area contributed by atoms with Crippen molar-refractivity contribution in [1.29, 1.82) is 0 Å². The van der Waals surface area contributed by atoms with Crippen molar-refractivity contribution in [3.05, 3.63) is 29.8 Å². The largest absolute Gasteiger partial charge is 0.452 e. The third-order valence-electron chi connectivity index (χ3n) is 6.33. The summed E-state index contributed by atoms with van der Waals surface area (Å²) in [5, 5.41) is 5.18. The van der Waals surface area contributed by atoms with Gasteiger partial charge in [0.25, 0.3) is 5.91 Å². The molecule has 3 amide bonds. The highest BCUT2D eigenvalue weighted by Gasteiger charge is 2.51. The van der Waals surface area contributed by atoms with E-state index in [-0.39, 0.29) is 16.9 Å². The molecule has 0 spiro atoms. The van der Waals surface area contributed by atoms with Crippen LogP contribution in [0.15, 0.2) is 24.3 Å². The van der Waals surface area contributed by atoms with Gasteiger partial charge in [0.05, 0.1) is 0 Å². The monoisotopic (exact) mass is 422 g/mol. The Balaban J connectivity index is 1.27. The first kappa shape index (κ1) is 20.6. The summed E-state index contributed by atoms with van der Waals surface area (Å²) in [6.07, 6.45) is 6.51. The summed E-state index contributed by atoms with van der Waals surface area (Å²) in [5.74, 6) is -0.214. The second kappa shape index (κ2) is 8.20. The van der Waals surface area contributed by atoms with Crippen LogP contribution in [0.5, 0.6) is 5.75 Å². The zero-order valence-corrected chi connectivity index (χ0v) is 16.4. The number of hydrogen-bond acceptors (Lipinski definition) is 5. The molecule has 4 aliphatic carbocycles. The number of urea groups is 1. The van der Waals surface area contributed by atoms with E-state index in [4.69, 9.17) is 4.74 Å². The molecular weight excluding hydrogens is 398 g/mol. The maximum absolute atomic E-state index is 12.4. The van der Waals surface area contributed by atoms with Gasteiger partial charge in [-0.25, -0.2) is 9.59 Å². The summed E-state index contributed by atoms with van der Waals surface area (Å²) >= 11 is 0. The molecule has 162 valence electrons. The van der Waals surface area contributed by atoms with E-state index in [9.17, 15) is 23.2 Å². The van der Waals surface area contributed by atoms with Crippen molar-refractivity contribution >= 4 is 17.9 Å². The molecule has 4 fully saturated rings. The highest BCUT2D eigenvalue weighted by molar-refractivity contribution is 5.98. The van der Waals surface area contributed by atoms with Crippen molar-refractivity contribution in [3.8, 4) is 5.75 Å². The number of carbonyl (C=O) groups is 3. The Kier molecular flexibility index (Phi) is 5.62. The SMILES string of the molecule is O=C(COC(=O)c1ccccc1OC(F)F)NC(=O)NC12CC3CC(CC(C3)C1)C2. The van der Waals surface area contributed by atoms with Crippen LogP contribution in [0, 0.1) is 17.8 Å². The summed E-state index contributed by atoms with van der Waals surface area (Å²) in [4.78, 5) is 36.5. The van der Waals surface area contributed by atoms with E-state index in [1.165, 1.54) is 43.5 Å². The van der Waals surface area contributed by atoms with E-state index < -0.39 is 31.1 Å². The first-order chi connectivity index (χ1) is 14.3. The standard InChI is InChI=1S/C21H24F2N2O5/c22-19(23)30-16-4-2-1-3-15(16)18(27)29-11-17(26)24-20(28)25-21-8-12-5-13(9-21)7-14(6-12)10-21/h1-4,12-14,19H,5-11H2,(H2,24,25,26,28). The van der Waals surface area contributed by atoms with Crippen LogP contribution in [0.25, 0.3) is 0 Å². The number of carbonyl (C=O) groups excluding carboxylic acids is 3. The van der Waals surface area contributed by atoms with Gasteiger partial charge < -0.3 is 14.8 Å². The highest BCUT2D eigenvalue weighted by atomic mass is 19.3. The minimum Gasteiger partial charge on any atom is -0.452 e.